The van der Waals surface area contributed by atoms with Gasteiger partial charge in [0.15, 0.2) is 0 Å². The van der Waals surface area contributed by atoms with Crippen LogP contribution in [0.1, 0.15) is 69.2 Å². The summed E-state index contributed by atoms with van der Waals surface area (Å²) in [6, 6.07) is 0. The van der Waals surface area contributed by atoms with E-state index in [1.54, 1.807) is 20.8 Å². The van der Waals surface area contributed by atoms with E-state index in [-0.39, 0.29) is 0 Å². The molecule has 34 heavy (non-hydrogen) atoms. The van der Waals surface area contributed by atoms with Gasteiger partial charge in [-0.1, -0.05) is 41.5 Å². The lowest BCUT2D eigenvalue weighted by atomic mass is 10.9. The van der Waals surface area contributed by atoms with Crippen molar-refractivity contribution < 1.29 is 69.3 Å². The largest absolute Gasteiger partial charge is 0.481 e. The summed E-state index contributed by atoms with van der Waals surface area (Å²) < 4.78 is 0. The monoisotopic (exact) mass is 507 g/mol. The van der Waals surface area contributed by atoms with Gasteiger partial charge in [0.1, 0.15) is 0 Å². The van der Waals surface area contributed by atoms with Crippen molar-refractivity contribution in [2.75, 3.05) is 0 Å². The number of carbonyl (C=O) groups is 7. The Morgan fingerprint density at radius 2 is 0.294 bits per heavy atom. The van der Waals surface area contributed by atoms with Gasteiger partial charge in [0.25, 0.3) is 41.8 Å². The summed E-state index contributed by atoms with van der Waals surface area (Å²) in [6.45, 7) is 22.6. The van der Waals surface area contributed by atoms with Crippen molar-refractivity contribution >= 4 is 41.8 Å². The fourth-order valence-electron chi connectivity index (χ4n) is 0. The van der Waals surface area contributed by atoms with Crippen molar-refractivity contribution in [3.8, 4) is 0 Å². The predicted molar refractivity (Wildman–Crippen MR) is 126 cm³/mol. The molecule has 0 saturated heterocycles. The van der Waals surface area contributed by atoms with Gasteiger partial charge < -0.3 is 35.7 Å². The smallest absolute Gasteiger partial charge is 0.300 e. The highest BCUT2D eigenvalue weighted by atomic mass is 16.4. The van der Waals surface area contributed by atoms with E-state index in [1.165, 1.54) is 0 Å². The molecule has 0 aliphatic rings. The lowest BCUT2D eigenvalue weighted by molar-refractivity contribution is -0.135. The third-order valence-corrected chi connectivity index (χ3v) is 0. The minimum absolute atomic E-state index is 0.833. The van der Waals surface area contributed by atoms with E-state index < -0.39 is 41.8 Å². The molecule has 0 saturated carbocycles. The maximum absolute atomic E-state index is 9.00. The normalized spacial score (nSPS) is 5.68. The van der Waals surface area contributed by atoms with Gasteiger partial charge >= 0.3 is 0 Å². The molecule has 0 unspecified atom stereocenters. The van der Waals surface area contributed by atoms with Crippen molar-refractivity contribution in [2.45, 2.75) is 69.2 Å². The Hall–Kier alpha value is -3.71. The summed E-state index contributed by atoms with van der Waals surface area (Å²) in [5.41, 5.74) is 0. The fraction of sp³-hybridized carbons (Fsp3) is 0.500. The number of hydrogen-bond acceptors (Lipinski definition) is 7. The molecule has 14 nitrogen and oxygen atoms in total. The maximum Gasteiger partial charge on any atom is 0.300 e. The first-order chi connectivity index (χ1) is 15.1. The topological polar surface area (TPSA) is 261 Å². The zero-order chi connectivity index (χ0) is 31.0. The quantitative estimate of drug-likeness (QED) is 0.248. The summed E-state index contributed by atoms with van der Waals surface area (Å²) in [5.74, 6) is -5.83. The van der Waals surface area contributed by atoms with Gasteiger partial charge in [0, 0.05) is 48.5 Å². The van der Waals surface area contributed by atoms with Crippen LogP contribution in [0.15, 0.2) is 0 Å². The molecule has 14 heteroatoms. The minimum Gasteiger partial charge on any atom is -0.481 e. The summed E-state index contributed by atoms with van der Waals surface area (Å²) >= 11 is 0. The lowest BCUT2D eigenvalue weighted by Gasteiger charge is -1.59. The summed E-state index contributed by atoms with van der Waals surface area (Å²) in [4.78, 5) is 63.0. The van der Waals surface area contributed by atoms with Gasteiger partial charge in [-0.15, -0.1) is 0 Å². The molecule has 0 aromatic heterocycles. The number of carboxylic acid groups (broad SMARTS) is 7. The van der Waals surface area contributed by atoms with E-state index in [1.807, 2.05) is 0 Å². The Balaban J connectivity index is -0.0000000238. The van der Waals surface area contributed by atoms with Gasteiger partial charge in [0.2, 0.25) is 0 Å². The number of rotatable bonds is 0. The minimum atomic E-state index is -0.833. The van der Waals surface area contributed by atoms with E-state index in [0.29, 0.717) is 0 Å². The van der Waals surface area contributed by atoms with E-state index >= 15 is 0 Å². The Bertz CT molecular complexity index is 312. The molecule has 0 aromatic rings. The van der Waals surface area contributed by atoms with Crippen LogP contribution in [0.25, 0.3) is 0 Å². The third kappa shape index (κ3) is 1530. The van der Waals surface area contributed by atoms with Gasteiger partial charge in [-0.2, -0.15) is 0 Å². The molecular weight excluding hydrogens is 464 g/mol. The third-order valence-electron chi connectivity index (χ3n) is 0. The molecule has 0 amide bonds. The van der Waals surface area contributed by atoms with Gasteiger partial charge in [0.05, 0.1) is 0 Å². The second-order valence-corrected chi connectivity index (χ2v) is 3.63. The Kier molecular flexibility index (Phi) is 146. The first-order valence-corrected chi connectivity index (χ1v) is 8.62. The number of carboxylic acids is 7. The molecule has 3 radical (unpaired) electrons. The van der Waals surface area contributed by atoms with Crippen LogP contribution >= 0.6 is 0 Å². The van der Waals surface area contributed by atoms with E-state index in [9.17, 15) is 0 Å². The van der Waals surface area contributed by atoms with Gasteiger partial charge in [-0.3, -0.25) is 33.6 Å². The van der Waals surface area contributed by atoms with E-state index in [4.69, 9.17) is 69.3 Å². The lowest BCUT2D eigenvalue weighted by Crippen LogP contribution is -1.78. The molecule has 7 N–H and O–H groups in total. The van der Waals surface area contributed by atoms with Crippen LogP contribution in [0.2, 0.25) is 0 Å². The molecule has 0 aliphatic heterocycles. The van der Waals surface area contributed by atoms with E-state index in [2.05, 4.69) is 20.8 Å². The predicted octanol–water partition coefficient (Wildman–Crippen LogP) is 3.16. The average Bonchev–Trinajstić information content (AvgIpc) is 2.56. The standard InChI is InChI=1S/7C2H4O2.3C2H5/c7*1-2(3)4;3*1-2/h7*1H3,(H,3,4);3*1H2,2H3. The van der Waals surface area contributed by atoms with Gasteiger partial charge in [-0.25, -0.2) is 0 Å². The summed E-state index contributed by atoms with van der Waals surface area (Å²) in [7, 11) is 0. The average molecular weight is 508 g/mol. The van der Waals surface area contributed by atoms with Crippen LogP contribution in [0.3, 0.4) is 0 Å². The van der Waals surface area contributed by atoms with Crippen LogP contribution in [0.4, 0.5) is 0 Å². The molecule has 0 aromatic carbocycles. The van der Waals surface area contributed by atoms with E-state index in [0.717, 1.165) is 48.5 Å². The van der Waals surface area contributed by atoms with Crippen molar-refractivity contribution in [3.05, 3.63) is 20.8 Å². The highest BCUT2D eigenvalue weighted by Crippen LogP contribution is 1.44. The van der Waals surface area contributed by atoms with Crippen molar-refractivity contribution in [1.29, 1.82) is 0 Å². The molecule has 0 fully saturated rings. The van der Waals surface area contributed by atoms with Crippen molar-refractivity contribution in [2.24, 2.45) is 0 Å². The molecule has 0 heterocycles. The van der Waals surface area contributed by atoms with Crippen LogP contribution in [-0.4, -0.2) is 77.5 Å². The fourth-order valence-corrected chi connectivity index (χ4v) is 0. The Labute approximate surface area is 201 Å². The Morgan fingerprint density at radius 1 is 0.294 bits per heavy atom. The summed E-state index contributed by atoms with van der Waals surface area (Å²) in [5, 5.41) is 51.9. The SMILES string of the molecule is CC(=O)O.CC(=O)O.CC(=O)O.CC(=O)O.CC(=O)O.CC(=O)O.CC(=O)O.[CH2]C.[CH2]C.[CH2]C. The van der Waals surface area contributed by atoms with Crippen LogP contribution in [0.5, 0.6) is 0 Å². The van der Waals surface area contributed by atoms with Crippen LogP contribution < -0.4 is 0 Å². The molecular formula is C20H43O14. The van der Waals surface area contributed by atoms with Crippen LogP contribution in [0, 0.1) is 20.8 Å². The second kappa shape index (κ2) is 78.4. The molecule has 0 rings (SSSR count). The maximum atomic E-state index is 9.00. The second-order valence-electron chi connectivity index (χ2n) is 3.63. The first-order valence-electron chi connectivity index (χ1n) is 8.62. The molecule has 0 bridgehead atoms. The first kappa shape index (κ1) is 63.1. The Morgan fingerprint density at radius 3 is 0.294 bits per heavy atom. The molecule has 0 atom stereocenters. The highest BCUT2D eigenvalue weighted by Gasteiger charge is 1.67. The number of hydrogen-bond donors (Lipinski definition) is 7. The zero-order valence-electron chi connectivity index (χ0n) is 21.6. The zero-order valence-corrected chi connectivity index (χ0v) is 21.6. The molecule has 0 spiro atoms. The molecule has 207 valence electrons. The molecule has 0 aliphatic carbocycles. The number of aliphatic carboxylic acids is 7. The van der Waals surface area contributed by atoms with Gasteiger partial charge in [-0.05, 0) is 0 Å². The summed E-state index contributed by atoms with van der Waals surface area (Å²) in [6.07, 6.45) is 0. The highest BCUT2D eigenvalue weighted by molar-refractivity contribution is 5.64. The van der Waals surface area contributed by atoms with Crippen molar-refractivity contribution in [3.63, 3.8) is 0 Å². The van der Waals surface area contributed by atoms with Crippen LogP contribution in [-0.2, 0) is 33.6 Å². The van der Waals surface area contributed by atoms with Crippen molar-refractivity contribution in [1.82, 2.24) is 0 Å².